The summed E-state index contributed by atoms with van der Waals surface area (Å²) in [6.07, 6.45) is 1.89. The highest BCUT2D eigenvalue weighted by Gasteiger charge is 2.29. The molecule has 9 heteroatoms. The van der Waals surface area contributed by atoms with Crippen LogP contribution in [0.4, 0.5) is 0 Å². The first-order chi connectivity index (χ1) is 8.83. The second kappa shape index (κ2) is 6.42. The minimum atomic E-state index is -4.08. The van der Waals surface area contributed by atoms with Crippen molar-refractivity contribution in [2.24, 2.45) is 0 Å². The van der Waals surface area contributed by atoms with Gasteiger partial charge in [0.15, 0.2) is 0 Å². The lowest BCUT2D eigenvalue weighted by molar-refractivity contribution is -0.140. The predicted octanol–water partition coefficient (Wildman–Crippen LogP) is -0.200. The molecule has 0 fully saturated rings. The molecule has 1 aromatic heterocycles. The van der Waals surface area contributed by atoms with Crippen molar-refractivity contribution in [1.29, 1.82) is 0 Å². The molecule has 0 amide bonds. The Morgan fingerprint density at radius 2 is 1.89 bits per heavy atom. The molecule has 8 nitrogen and oxygen atoms in total. The summed E-state index contributed by atoms with van der Waals surface area (Å²) in [5.74, 6) is -2.56. The van der Waals surface area contributed by atoms with E-state index in [1.807, 2.05) is 0 Å². The predicted molar refractivity (Wildman–Crippen MR) is 65.1 cm³/mol. The van der Waals surface area contributed by atoms with Crippen molar-refractivity contribution >= 4 is 24.8 Å². The van der Waals surface area contributed by atoms with E-state index in [4.69, 9.17) is 10.2 Å². The van der Waals surface area contributed by atoms with Crippen molar-refractivity contribution in [2.75, 3.05) is 0 Å². The summed E-state index contributed by atoms with van der Waals surface area (Å²) < 4.78 is 12.0. The van der Waals surface area contributed by atoms with Crippen LogP contribution in [0.15, 0.2) is 24.5 Å². The Balaban J connectivity index is 2.81. The molecule has 0 saturated carbocycles. The minimum absolute atomic E-state index is 0.00377. The molecule has 0 spiro atoms. The Morgan fingerprint density at radius 3 is 2.37 bits per heavy atom. The maximum atomic E-state index is 12.0. The maximum Gasteiger partial charge on any atom is 0.321 e. The summed E-state index contributed by atoms with van der Waals surface area (Å²) in [4.78, 5) is 34.8. The minimum Gasteiger partial charge on any atom is -0.481 e. The van der Waals surface area contributed by atoms with Gasteiger partial charge < -0.3 is 15.1 Å². The van der Waals surface area contributed by atoms with Crippen LogP contribution in [0.5, 0.6) is 0 Å². The van der Waals surface area contributed by atoms with Gasteiger partial charge in [-0.3, -0.25) is 19.1 Å². The first kappa shape index (κ1) is 15.3. The Labute approximate surface area is 108 Å². The van der Waals surface area contributed by atoms with E-state index in [0.29, 0.717) is 0 Å². The molecule has 0 bridgehead atoms. The topological polar surface area (TPSA) is 137 Å². The fourth-order valence-electron chi connectivity index (χ4n) is 1.34. The van der Waals surface area contributed by atoms with Gasteiger partial charge in [-0.15, -0.1) is 0 Å². The van der Waals surface area contributed by atoms with Gasteiger partial charge in [0.05, 0.1) is 5.30 Å². The third-order valence-corrected chi connectivity index (χ3v) is 3.95. The van der Waals surface area contributed by atoms with Crippen molar-refractivity contribution in [2.45, 2.75) is 18.9 Å². The molecule has 0 radical (unpaired) electrons. The molecule has 1 heterocycles. The zero-order chi connectivity index (χ0) is 14.5. The highest BCUT2D eigenvalue weighted by atomic mass is 31.2. The lowest BCUT2D eigenvalue weighted by Crippen LogP contribution is -2.37. The number of carbonyl (C=O) groups is 2. The van der Waals surface area contributed by atoms with Crippen LogP contribution in [0, 0.1) is 0 Å². The molecular weight excluding hydrogens is 275 g/mol. The molecule has 1 aromatic rings. The quantitative estimate of drug-likeness (QED) is 0.506. The van der Waals surface area contributed by atoms with Crippen LogP contribution in [0.1, 0.15) is 12.8 Å². The Kier molecular flexibility index (Phi) is 5.17. The number of nitrogens with zero attached hydrogens (tertiary/aromatic N) is 1. The molecule has 0 aromatic carbocycles. The van der Waals surface area contributed by atoms with E-state index in [1.54, 1.807) is 0 Å². The highest BCUT2D eigenvalue weighted by molar-refractivity contribution is 7.64. The fraction of sp³-hybridized carbons (Fsp3) is 0.300. The normalized spacial score (nSPS) is 15.4. The maximum absolute atomic E-state index is 12.0. The summed E-state index contributed by atoms with van der Waals surface area (Å²) in [5, 5.41) is 19.5. The van der Waals surface area contributed by atoms with Gasteiger partial charge in [-0.05, 0) is 18.6 Å². The monoisotopic (exact) mass is 288 g/mol. The zero-order valence-corrected chi connectivity index (χ0v) is 10.7. The van der Waals surface area contributed by atoms with Gasteiger partial charge in [0, 0.05) is 18.8 Å². The first-order valence-corrected chi connectivity index (χ1v) is 6.94. The number of carboxylic acids is 2. The van der Waals surface area contributed by atoms with Crippen LogP contribution >= 0.6 is 7.52 Å². The molecule has 0 saturated heterocycles. The van der Waals surface area contributed by atoms with Crippen molar-refractivity contribution < 1.29 is 29.3 Å². The summed E-state index contributed by atoms with van der Waals surface area (Å²) in [6, 6.07) is 1.15. The number of hydrogen-bond acceptors (Lipinski definition) is 4. The van der Waals surface area contributed by atoms with Crippen LogP contribution in [0.2, 0.25) is 0 Å². The van der Waals surface area contributed by atoms with Gasteiger partial charge in [-0.25, -0.2) is 5.09 Å². The SMILES string of the molecule is O=C(O)CCC(NP(=O)(O)c1ccncc1)C(=O)O. The van der Waals surface area contributed by atoms with Gasteiger partial charge in [0.2, 0.25) is 0 Å². The van der Waals surface area contributed by atoms with E-state index in [2.05, 4.69) is 10.1 Å². The van der Waals surface area contributed by atoms with Gasteiger partial charge >= 0.3 is 11.9 Å². The molecule has 19 heavy (non-hydrogen) atoms. The molecule has 4 N–H and O–H groups in total. The van der Waals surface area contributed by atoms with Crippen LogP contribution in [0.3, 0.4) is 0 Å². The highest BCUT2D eigenvalue weighted by Crippen LogP contribution is 2.35. The summed E-state index contributed by atoms with van der Waals surface area (Å²) in [5.41, 5.74) is 0. The van der Waals surface area contributed by atoms with Crippen molar-refractivity contribution in [3.63, 3.8) is 0 Å². The standard InChI is InChI=1S/C10H13N2O6P/c13-9(14)2-1-8(10(15)16)12-19(17,18)7-3-5-11-6-4-7/h3-6,8H,1-2H2,(H,13,14)(H,15,16)(H2,12,17,18). The molecule has 0 aliphatic carbocycles. The second-order valence-corrected chi connectivity index (χ2v) is 5.66. The van der Waals surface area contributed by atoms with E-state index in [-0.39, 0.29) is 11.7 Å². The lowest BCUT2D eigenvalue weighted by Gasteiger charge is -2.18. The molecule has 0 aliphatic heterocycles. The van der Waals surface area contributed by atoms with E-state index >= 15 is 0 Å². The molecule has 104 valence electrons. The third-order valence-electron chi connectivity index (χ3n) is 2.29. The van der Waals surface area contributed by atoms with Crippen molar-refractivity contribution in [3.8, 4) is 0 Å². The smallest absolute Gasteiger partial charge is 0.321 e. The van der Waals surface area contributed by atoms with Gasteiger partial charge in [0.1, 0.15) is 6.04 Å². The van der Waals surface area contributed by atoms with Gasteiger partial charge in [-0.1, -0.05) is 0 Å². The summed E-state index contributed by atoms with van der Waals surface area (Å²) >= 11 is 0. The molecule has 2 atom stereocenters. The largest absolute Gasteiger partial charge is 0.481 e. The number of aromatic nitrogens is 1. The number of hydrogen-bond donors (Lipinski definition) is 4. The molecule has 0 aliphatic rings. The van der Waals surface area contributed by atoms with Crippen molar-refractivity contribution in [3.05, 3.63) is 24.5 Å². The second-order valence-electron chi connectivity index (χ2n) is 3.73. The Bertz CT molecular complexity index is 506. The Morgan fingerprint density at radius 1 is 1.32 bits per heavy atom. The van der Waals surface area contributed by atoms with Gasteiger partial charge in [-0.2, -0.15) is 0 Å². The third kappa shape index (κ3) is 4.78. The number of pyridine rings is 1. The first-order valence-electron chi connectivity index (χ1n) is 5.28. The van der Waals surface area contributed by atoms with Gasteiger partial charge in [0.25, 0.3) is 7.52 Å². The summed E-state index contributed by atoms with van der Waals surface area (Å²) in [6.45, 7) is 0. The van der Waals surface area contributed by atoms with Crippen molar-refractivity contribution in [1.82, 2.24) is 10.1 Å². The molecule has 1 rings (SSSR count). The number of rotatable bonds is 7. The van der Waals surface area contributed by atoms with E-state index in [0.717, 1.165) is 0 Å². The van der Waals surface area contributed by atoms with Crippen LogP contribution in [-0.4, -0.2) is 38.1 Å². The number of carboxylic acid groups (broad SMARTS) is 2. The molecule has 2 unspecified atom stereocenters. The fourth-order valence-corrected chi connectivity index (χ4v) is 2.69. The number of nitrogens with one attached hydrogen (secondary N) is 1. The van der Waals surface area contributed by atoms with Crippen LogP contribution < -0.4 is 10.4 Å². The zero-order valence-electron chi connectivity index (χ0n) is 9.76. The average molecular weight is 288 g/mol. The van der Waals surface area contributed by atoms with Crippen LogP contribution in [0.25, 0.3) is 0 Å². The van der Waals surface area contributed by atoms with E-state index in [1.165, 1.54) is 24.5 Å². The summed E-state index contributed by atoms with van der Waals surface area (Å²) in [7, 11) is -4.08. The molecular formula is C10H13N2O6P. The number of aliphatic carboxylic acids is 2. The van der Waals surface area contributed by atoms with E-state index in [9.17, 15) is 19.0 Å². The van der Waals surface area contributed by atoms with E-state index < -0.39 is 31.9 Å². The lowest BCUT2D eigenvalue weighted by atomic mass is 10.2. The van der Waals surface area contributed by atoms with Crippen LogP contribution in [-0.2, 0) is 14.2 Å². The Hall–Kier alpha value is -1.76. The average Bonchev–Trinajstić information content (AvgIpc) is 2.35.